The molecule has 1 aliphatic rings. The van der Waals surface area contributed by atoms with Crippen LogP contribution in [0.1, 0.15) is 35.8 Å². The molecule has 5 nitrogen and oxygen atoms in total. The first-order valence-corrected chi connectivity index (χ1v) is 6.92. The molecule has 20 heavy (non-hydrogen) atoms. The lowest BCUT2D eigenvalue weighted by Crippen LogP contribution is -2.34. The summed E-state index contributed by atoms with van der Waals surface area (Å²) in [7, 11) is 0. The molecule has 3 rings (SSSR count). The van der Waals surface area contributed by atoms with Crippen molar-refractivity contribution in [1.82, 2.24) is 20.1 Å². The van der Waals surface area contributed by atoms with Gasteiger partial charge in [-0.05, 0) is 44.7 Å². The Morgan fingerprint density at radius 1 is 1.50 bits per heavy atom. The van der Waals surface area contributed by atoms with Crippen molar-refractivity contribution in [3.05, 3.63) is 42.0 Å². The maximum absolute atomic E-state index is 12.3. The average molecular weight is 270 g/mol. The molecule has 0 spiro atoms. The molecule has 104 valence electrons. The second kappa shape index (κ2) is 5.07. The zero-order chi connectivity index (χ0) is 14.1. The van der Waals surface area contributed by atoms with Crippen molar-refractivity contribution in [1.29, 1.82) is 0 Å². The predicted octanol–water partition coefficient (Wildman–Crippen LogP) is 2.10. The molecule has 0 bridgehead atoms. The Labute approximate surface area is 118 Å². The number of hydrogen-bond acceptors (Lipinski definition) is 3. The van der Waals surface area contributed by atoms with Gasteiger partial charge in [0.2, 0.25) is 0 Å². The Hall–Kier alpha value is -2.17. The number of rotatable bonds is 4. The van der Waals surface area contributed by atoms with Crippen LogP contribution in [0.3, 0.4) is 0 Å². The van der Waals surface area contributed by atoms with Crippen molar-refractivity contribution in [2.75, 3.05) is 0 Å². The van der Waals surface area contributed by atoms with E-state index in [0.717, 1.165) is 11.4 Å². The molecule has 0 aromatic carbocycles. The summed E-state index contributed by atoms with van der Waals surface area (Å²) < 4.78 is 1.69. The number of carbonyl (C=O) groups is 1. The Morgan fingerprint density at radius 2 is 2.30 bits per heavy atom. The number of nitrogens with one attached hydrogen (secondary N) is 1. The van der Waals surface area contributed by atoms with E-state index in [1.165, 1.54) is 12.8 Å². The lowest BCUT2D eigenvalue weighted by Gasteiger charge is -2.11. The van der Waals surface area contributed by atoms with Gasteiger partial charge in [0.15, 0.2) is 0 Å². The van der Waals surface area contributed by atoms with Gasteiger partial charge in [-0.1, -0.05) is 0 Å². The molecule has 2 aromatic rings. The zero-order valence-electron chi connectivity index (χ0n) is 11.7. The molecule has 1 fully saturated rings. The number of pyridine rings is 1. The fourth-order valence-corrected chi connectivity index (χ4v) is 2.30. The Kier molecular flexibility index (Phi) is 3.26. The number of carbonyl (C=O) groups excluding carboxylic acids is 1. The van der Waals surface area contributed by atoms with Gasteiger partial charge < -0.3 is 5.32 Å². The highest BCUT2D eigenvalue weighted by atomic mass is 16.1. The fraction of sp³-hybridized carbons (Fsp3) is 0.400. The number of aromatic nitrogens is 3. The summed E-state index contributed by atoms with van der Waals surface area (Å²) in [5.74, 6) is 0.602. The van der Waals surface area contributed by atoms with E-state index in [2.05, 4.69) is 22.3 Å². The number of aryl methyl sites for hydroxylation is 1. The molecule has 0 saturated heterocycles. The minimum Gasteiger partial charge on any atom is -0.349 e. The van der Waals surface area contributed by atoms with Crippen LogP contribution in [-0.2, 0) is 0 Å². The molecule has 1 unspecified atom stereocenters. The van der Waals surface area contributed by atoms with Gasteiger partial charge >= 0.3 is 0 Å². The molecule has 2 heterocycles. The third kappa shape index (κ3) is 2.57. The molecule has 1 aliphatic carbocycles. The number of hydrogen-bond donors (Lipinski definition) is 1. The van der Waals surface area contributed by atoms with Crippen LogP contribution >= 0.6 is 0 Å². The monoisotopic (exact) mass is 270 g/mol. The van der Waals surface area contributed by atoms with Crippen molar-refractivity contribution in [3.8, 4) is 5.69 Å². The van der Waals surface area contributed by atoms with Gasteiger partial charge in [-0.3, -0.25) is 9.78 Å². The van der Waals surface area contributed by atoms with E-state index in [1.54, 1.807) is 23.3 Å². The van der Waals surface area contributed by atoms with Crippen molar-refractivity contribution in [3.63, 3.8) is 0 Å². The van der Waals surface area contributed by atoms with Crippen LogP contribution in [0.15, 0.2) is 30.7 Å². The summed E-state index contributed by atoms with van der Waals surface area (Å²) in [5.41, 5.74) is 2.21. The van der Waals surface area contributed by atoms with Crippen LogP contribution in [0.4, 0.5) is 0 Å². The third-order valence-corrected chi connectivity index (χ3v) is 3.74. The first kappa shape index (κ1) is 12.8. The normalized spacial score (nSPS) is 15.9. The summed E-state index contributed by atoms with van der Waals surface area (Å²) in [5, 5.41) is 7.44. The van der Waals surface area contributed by atoms with Crippen LogP contribution in [0, 0.1) is 12.8 Å². The van der Waals surface area contributed by atoms with Gasteiger partial charge in [-0.2, -0.15) is 5.10 Å². The van der Waals surface area contributed by atoms with Gasteiger partial charge in [0.05, 0.1) is 23.1 Å². The molecular formula is C15H18N4O. The molecule has 0 radical (unpaired) electrons. The third-order valence-electron chi connectivity index (χ3n) is 3.74. The lowest BCUT2D eigenvalue weighted by atomic mass is 10.2. The molecule has 0 aliphatic heterocycles. The van der Waals surface area contributed by atoms with Crippen LogP contribution in [0.25, 0.3) is 5.69 Å². The Balaban J connectivity index is 1.80. The standard InChI is InChI=1S/C15H18N4O/c1-10(12-5-6-12)17-15(20)14-9-19(18-11(14)2)13-4-3-7-16-8-13/h3-4,7-10,12H,5-6H2,1-2H3,(H,17,20). The first-order chi connectivity index (χ1) is 9.65. The highest BCUT2D eigenvalue weighted by molar-refractivity contribution is 5.95. The molecule has 1 N–H and O–H groups in total. The minimum absolute atomic E-state index is 0.0444. The van der Waals surface area contributed by atoms with E-state index < -0.39 is 0 Å². The van der Waals surface area contributed by atoms with Crippen molar-refractivity contribution in [2.24, 2.45) is 5.92 Å². The second-order valence-electron chi connectivity index (χ2n) is 5.38. The van der Waals surface area contributed by atoms with Crippen molar-refractivity contribution in [2.45, 2.75) is 32.7 Å². The van der Waals surface area contributed by atoms with E-state index in [0.29, 0.717) is 11.5 Å². The van der Waals surface area contributed by atoms with Crippen molar-refractivity contribution >= 4 is 5.91 Å². The van der Waals surface area contributed by atoms with Gasteiger partial charge in [0.1, 0.15) is 0 Å². The number of nitrogens with zero attached hydrogens (tertiary/aromatic N) is 3. The van der Waals surface area contributed by atoms with Crippen LogP contribution in [0.5, 0.6) is 0 Å². The number of amides is 1. The van der Waals surface area contributed by atoms with Crippen LogP contribution < -0.4 is 5.32 Å². The summed E-state index contributed by atoms with van der Waals surface area (Å²) in [4.78, 5) is 16.3. The summed E-state index contributed by atoms with van der Waals surface area (Å²) in [6.07, 6.45) is 7.64. The van der Waals surface area contributed by atoms with E-state index in [1.807, 2.05) is 19.1 Å². The maximum atomic E-state index is 12.3. The minimum atomic E-state index is -0.0444. The van der Waals surface area contributed by atoms with Crippen LogP contribution in [-0.4, -0.2) is 26.7 Å². The van der Waals surface area contributed by atoms with Gasteiger partial charge in [0.25, 0.3) is 5.91 Å². The van der Waals surface area contributed by atoms with E-state index >= 15 is 0 Å². The molecule has 1 amide bonds. The largest absolute Gasteiger partial charge is 0.349 e. The topological polar surface area (TPSA) is 59.8 Å². The smallest absolute Gasteiger partial charge is 0.254 e. The molecule has 5 heteroatoms. The molecule has 2 aromatic heterocycles. The summed E-state index contributed by atoms with van der Waals surface area (Å²) in [6.45, 7) is 3.92. The van der Waals surface area contributed by atoms with Gasteiger partial charge in [0, 0.05) is 18.4 Å². The van der Waals surface area contributed by atoms with E-state index in [4.69, 9.17) is 0 Å². The highest BCUT2D eigenvalue weighted by Crippen LogP contribution is 2.32. The zero-order valence-corrected chi connectivity index (χ0v) is 11.7. The summed E-state index contributed by atoms with van der Waals surface area (Å²) in [6, 6.07) is 4.00. The maximum Gasteiger partial charge on any atom is 0.254 e. The van der Waals surface area contributed by atoms with E-state index in [9.17, 15) is 4.79 Å². The molecular weight excluding hydrogens is 252 g/mol. The fourth-order valence-electron chi connectivity index (χ4n) is 2.30. The SMILES string of the molecule is Cc1nn(-c2cccnc2)cc1C(=O)NC(C)C1CC1. The van der Waals surface area contributed by atoms with Gasteiger partial charge in [-0.15, -0.1) is 0 Å². The second-order valence-corrected chi connectivity index (χ2v) is 5.38. The van der Waals surface area contributed by atoms with Gasteiger partial charge in [-0.25, -0.2) is 4.68 Å². The Bertz CT molecular complexity index is 616. The highest BCUT2D eigenvalue weighted by Gasteiger charge is 2.29. The van der Waals surface area contributed by atoms with Crippen LogP contribution in [0.2, 0.25) is 0 Å². The lowest BCUT2D eigenvalue weighted by molar-refractivity contribution is 0.0935. The molecule has 1 atom stereocenters. The van der Waals surface area contributed by atoms with E-state index in [-0.39, 0.29) is 11.9 Å². The average Bonchev–Trinajstić information content (AvgIpc) is 3.22. The Morgan fingerprint density at radius 3 is 2.95 bits per heavy atom. The first-order valence-electron chi connectivity index (χ1n) is 6.92. The quantitative estimate of drug-likeness (QED) is 0.925. The summed E-state index contributed by atoms with van der Waals surface area (Å²) >= 11 is 0. The predicted molar refractivity (Wildman–Crippen MR) is 75.7 cm³/mol. The molecule has 1 saturated carbocycles. The van der Waals surface area contributed by atoms with Crippen molar-refractivity contribution < 1.29 is 4.79 Å².